The number of carbonyl (C=O) groups excluding carboxylic acids is 4. The van der Waals surface area contributed by atoms with Gasteiger partial charge < -0.3 is 28.8 Å². The maximum absolute atomic E-state index is 14.6. The van der Waals surface area contributed by atoms with Gasteiger partial charge in [0.15, 0.2) is 11.6 Å². The summed E-state index contributed by atoms with van der Waals surface area (Å²) in [6, 6.07) is 2.61. The van der Waals surface area contributed by atoms with Crippen LogP contribution in [0.25, 0.3) is 10.8 Å². The van der Waals surface area contributed by atoms with Crippen molar-refractivity contribution in [2.75, 3.05) is 13.7 Å². The fourth-order valence-electron chi connectivity index (χ4n) is 8.08. The number of benzene rings is 2. The standard InChI is InChI=1S/C29H22O11/c1-9-5-14(32)18-20-15(9)23(34)21-25(40-11(3)30)28(20,8-39-27(18)36)24-22(33)12-7-38-26(35)17-13(31)6-10(2)19(16(12)17)29(21,24)37-4/h5-7,21,24-25,31-32H,8H2,1-4H3/t21-,24-,25+,28-,29-/m1/s1. The van der Waals surface area contributed by atoms with Gasteiger partial charge in [-0.3, -0.25) is 14.4 Å². The molecule has 0 saturated heterocycles. The number of esters is 2. The zero-order chi connectivity index (χ0) is 28.6. The van der Waals surface area contributed by atoms with Gasteiger partial charge in [-0.1, -0.05) is 0 Å². The van der Waals surface area contributed by atoms with E-state index in [9.17, 15) is 34.2 Å². The van der Waals surface area contributed by atoms with Crippen LogP contribution in [0.4, 0.5) is 0 Å². The van der Waals surface area contributed by atoms with Crippen LogP contribution in [0, 0.1) is 25.7 Å². The Morgan fingerprint density at radius 3 is 2.35 bits per heavy atom. The van der Waals surface area contributed by atoms with Crippen molar-refractivity contribution in [1.29, 1.82) is 0 Å². The zero-order valence-corrected chi connectivity index (χ0v) is 21.7. The Morgan fingerprint density at radius 2 is 1.68 bits per heavy atom. The van der Waals surface area contributed by atoms with Gasteiger partial charge in [-0.2, -0.15) is 0 Å². The van der Waals surface area contributed by atoms with Crippen molar-refractivity contribution in [3.05, 3.63) is 67.8 Å². The molecule has 1 aliphatic heterocycles. The van der Waals surface area contributed by atoms with E-state index in [0.717, 1.165) is 13.2 Å². The van der Waals surface area contributed by atoms with Crippen LogP contribution in [-0.2, 0) is 30.0 Å². The molecule has 4 aliphatic rings. The van der Waals surface area contributed by atoms with Crippen LogP contribution in [0.5, 0.6) is 11.5 Å². The third-order valence-electron chi connectivity index (χ3n) is 9.17. The first-order valence-electron chi connectivity index (χ1n) is 12.6. The third-order valence-corrected chi connectivity index (χ3v) is 9.17. The number of Topliss-reactive ketones (excluding diaryl/α,β-unsaturated/α-hetero) is 2. The molecule has 2 heterocycles. The molecule has 1 fully saturated rings. The van der Waals surface area contributed by atoms with Crippen molar-refractivity contribution in [3.8, 4) is 11.5 Å². The second-order valence-electron chi connectivity index (χ2n) is 10.9. The van der Waals surface area contributed by atoms with Crippen LogP contribution >= 0.6 is 0 Å². The lowest BCUT2D eigenvalue weighted by molar-refractivity contribution is -0.154. The Balaban J connectivity index is 1.73. The average molecular weight is 546 g/mol. The van der Waals surface area contributed by atoms with Crippen molar-refractivity contribution in [2.24, 2.45) is 11.8 Å². The molecular formula is C29H22O11. The number of hydrogen-bond acceptors (Lipinski definition) is 11. The van der Waals surface area contributed by atoms with Crippen molar-refractivity contribution in [1.82, 2.24) is 0 Å². The third kappa shape index (κ3) is 2.40. The summed E-state index contributed by atoms with van der Waals surface area (Å²) < 4.78 is 22.8. The summed E-state index contributed by atoms with van der Waals surface area (Å²) in [4.78, 5) is 67.6. The Labute approximate surface area is 225 Å². The topological polar surface area (TPSA) is 167 Å². The molecule has 1 spiro atoms. The van der Waals surface area contributed by atoms with Gasteiger partial charge >= 0.3 is 17.6 Å². The number of ether oxygens (including phenoxy) is 3. The number of rotatable bonds is 2. The fraction of sp³-hybridized carbons (Fsp3) is 0.345. The highest BCUT2D eigenvalue weighted by molar-refractivity contribution is 6.19. The summed E-state index contributed by atoms with van der Waals surface area (Å²) in [5.41, 5.74) is -3.47. The quantitative estimate of drug-likeness (QED) is 0.453. The number of ketones is 2. The van der Waals surface area contributed by atoms with Gasteiger partial charge in [0.05, 0.1) is 22.8 Å². The van der Waals surface area contributed by atoms with Gasteiger partial charge in [0.1, 0.15) is 47.0 Å². The molecule has 2 aromatic carbocycles. The molecule has 40 heavy (non-hydrogen) atoms. The lowest BCUT2D eigenvalue weighted by Crippen LogP contribution is -2.57. The highest BCUT2D eigenvalue weighted by Gasteiger charge is 2.80. The number of hydrogen-bond donors (Lipinski definition) is 2. The van der Waals surface area contributed by atoms with Crippen LogP contribution in [0.15, 0.2) is 27.6 Å². The molecule has 7 rings (SSSR count). The summed E-state index contributed by atoms with van der Waals surface area (Å²) in [6.07, 6.45) is -0.353. The minimum absolute atomic E-state index is 0.0471. The summed E-state index contributed by atoms with van der Waals surface area (Å²) in [5, 5.41) is 21.5. The number of fused-ring (bicyclic) bond motifs is 4. The van der Waals surface area contributed by atoms with E-state index in [2.05, 4.69) is 0 Å². The van der Waals surface area contributed by atoms with E-state index in [-0.39, 0.29) is 38.6 Å². The second-order valence-corrected chi connectivity index (χ2v) is 10.9. The van der Waals surface area contributed by atoms with E-state index in [1.165, 1.54) is 19.2 Å². The first-order chi connectivity index (χ1) is 18.9. The van der Waals surface area contributed by atoms with Gasteiger partial charge in [-0.05, 0) is 48.2 Å². The van der Waals surface area contributed by atoms with Crippen molar-refractivity contribution in [2.45, 2.75) is 37.9 Å². The SMILES string of the molecule is CO[C@@]12c3c(C)cc(O)c4c(=O)occ(c34)C(=O)[C@@H]1[C@@]13COC(=O)c4c(O)cc(C)c(c41)C(=O)[C@@H]2[C@@H]3OC(C)=O. The lowest BCUT2D eigenvalue weighted by Gasteiger charge is -2.47. The van der Waals surface area contributed by atoms with Crippen LogP contribution in [0.2, 0.25) is 0 Å². The molecule has 0 radical (unpaired) electrons. The number of cyclic esters (lactones) is 1. The van der Waals surface area contributed by atoms with Gasteiger partial charge in [-0.25, -0.2) is 9.59 Å². The number of methoxy groups -OCH3 is 1. The van der Waals surface area contributed by atoms with Crippen LogP contribution in [-0.4, -0.2) is 53.5 Å². The van der Waals surface area contributed by atoms with Gasteiger partial charge in [0.2, 0.25) is 0 Å². The summed E-state index contributed by atoms with van der Waals surface area (Å²) in [7, 11) is 1.31. The predicted molar refractivity (Wildman–Crippen MR) is 134 cm³/mol. The Morgan fingerprint density at radius 1 is 0.975 bits per heavy atom. The first-order valence-corrected chi connectivity index (χ1v) is 12.6. The largest absolute Gasteiger partial charge is 0.507 e. The number of carbonyl (C=O) groups is 4. The molecule has 204 valence electrons. The van der Waals surface area contributed by atoms with Gasteiger partial charge in [-0.15, -0.1) is 0 Å². The van der Waals surface area contributed by atoms with E-state index in [0.29, 0.717) is 11.1 Å². The zero-order valence-electron chi connectivity index (χ0n) is 21.7. The molecule has 3 aromatic rings. The minimum Gasteiger partial charge on any atom is -0.507 e. The Kier molecular flexibility index (Phi) is 4.51. The monoisotopic (exact) mass is 546 g/mol. The summed E-state index contributed by atoms with van der Waals surface area (Å²) in [6.45, 7) is 3.94. The molecule has 1 aromatic heterocycles. The second kappa shape index (κ2) is 7.36. The van der Waals surface area contributed by atoms with Crippen molar-refractivity contribution >= 4 is 34.3 Å². The minimum atomic E-state index is -1.83. The van der Waals surface area contributed by atoms with E-state index in [1.54, 1.807) is 13.8 Å². The highest BCUT2D eigenvalue weighted by Crippen LogP contribution is 2.70. The van der Waals surface area contributed by atoms with E-state index >= 15 is 0 Å². The summed E-state index contributed by atoms with van der Waals surface area (Å²) >= 11 is 0. The molecule has 2 bridgehead atoms. The number of aromatic hydroxyl groups is 2. The molecule has 3 aliphatic carbocycles. The molecule has 11 nitrogen and oxygen atoms in total. The maximum atomic E-state index is 14.6. The Bertz CT molecular complexity index is 1850. The Hall–Kier alpha value is -4.51. The lowest BCUT2D eigenvalue weighted by atomic mass is 9.59. The van der Waals surface area contributed by atoms with Crippen LogP contribution in [0.3, 0.4) is 0 Å². The van der Waals surface area contributed by atoms with E-state index in [4.69, 9.17) is 18.6 Å². The van der Waals surface area contributed by atoms with Gasteiger partial charge in [0, 0.05) is 25.0 Å². The molecule has 0 unspecified atom stereocenters. The average Bonchev–Trinajstić information content (AvgIpc) is 3.06. The number of phenolic OH excluding ortho intramolecular Hbond substituents is 2. The molecule has 1 saturated carbocycles. The maximum Gasteiger partial charge on any atom is 0.347 e. The van der Waals surface area contributed by atoms with E-state index < -0.39 is 76.2 Å². The van der Waals surface area contributed by atoms with Crippen molar-refractivity contribution in [3.63, 3.8) is 0 Å². The van der Waals surface area contributed by atoms with Gasteiger partial charge in [0.25, 0.3) is 0 Å². The highest BCUT2D eigenvalue weighted by atomic mass is 16.6. The molecule has 0 amide bonds. The molecule has 5 atom stereocenters. The number of phenols is 2. The van der Waals surface area contributed by atoms with Crippen LogP contribution in [0.1, 0.15) is 60.3 Å². The predicted octanol–water partition coefficient (Wildman–Crippen LogP) is 2.34. The van der Waals surface area contributed by atoms with Crippen molar-refractivity contribution < 1.29 is 48.0 Å². The molecular weight excluding hydrogens is 524 g/mol. The summed E-state index contributed by atoms with van der Waals surface area (Å²) in [5.74, 6) is -6.33. The molecule has 11 heteroatoms. The van der Waals surface area contributed by atoms with E-state index in [1.807, 2.05) is 0 Å². The first kappa shape index (κ1) is 24.5. The number of aryl methyl sites for hydroxylation is 2. The smallest absolute Gasteiger partial charge is 0.347 e. The normalized spacial score (nSPS) is 29.2. The molecule has 2 N–H and O–H groups in total. The fourth-order valence-corrected chi connectivity index (χ4v) is 8.08. The van der Waals surface area contributed by atoms with Crippen LogP contribution < -0.4 is 5.63 Å².